The molecule has 10 nitrogen and oxygen atoms in total. The molecule has 0 spiro atoms. The van der Waals surface area contributed by atoms with E-state index in [1.165, 1.54) is 16.9 Å². The summed E-state index contributed by atoms with van der Waals surface area (Å²) in [7, 11) is 5.40. The Morgan fingerprint density at radius 3 is 2.65 bits per heavy atom. The SMILES string of the molecule is CNc1cc(F)c(F)c2c1Cc1ncc(-c3cnc4c(c3)c(=O)c(C(=O)O)cn4NC)c(N3CCC4CN(C)CCC43)c1-2. The minimum absolute atomic E-state index is 0.117. The van der Waals surface area contributed by atoms with Gasteiger partial charge in [-0.2, -0.15) is 0 Å². The molecule has 0 saturated carbocycles. The van der Waals surface area contributed by atoms with Crippen molar-refractivity contribution in [2.75, 3.05) is 56.4 Å². The first-order valence-electron chi connectivity index (χ1n) is 14.3. The maximum absolute atomic E-state index is 15.8. The predicted octanol–water partition coefficient (Wildman–Crippen LogP) is 3.75. The summed E-state index contributed by atoms with van der Waals surface area (Å²) < 4.78 is 32.2. The normalized spacial score (nSPS) is 19.3. The van der Waals surface area contributed by atoms with Crippen molar-refractivity contribution in [1.29, 1.82) is 0 Å². The molecule has 222 valence electrons. The Balaban J connectivity index is 1.51. The smallest absolute Gasteiger partial charge is 0.341 e. The standard InChI is InChI=1S/C31H31F2N7O3/c1-34-22-10-21(32)27(33)25-17(22)9-23-26(25)28(39-7-4-15-13-38(3)6-5-24(15)39)19(12-36-23)16-8-18-29(41)20(31(42)43)14-40(35-2)30(18)37-11-16/h8,10-12,14-15,24,34-35H,4-7,9,13H2,1-3H3,(H,42,43). The number of hydrogen-bond donors (Lipinski definition) is 3. The van der Waals surface area contributed by atoms with Crippen LogP contribution in [-0.4, -0.2) is 77.4 Å². The molecule has 2 fully saturated rings. The van der Waals surface area contributed by atoms with E-state index < -0.39 is 28.6 Å². The van der Waals surface area contributed by atoms with Gasteiger partial charge in [0.1, 0.15) is 5.56 Å². The topological polar surface area (TPSA) is 116 Å². The van der Waals surface area contributed by atoms with Crippen molar-refractivity contribution < 1.29 is 18.7 Å². The van der Waals surface area contributed by atoms with E-state index in [1.54, 1.807) is 32.6 Å². The molecule has 5 heterocycles. The van der Waals surface area contributed by atoms with Crippen LogP contribution in [0.3, 0.4) is 0 Å². The van der Waals surface area contributed by atoms with Crippen molar-refractivity contribution >= 4 is 28.4 Å². The number of halogens is 2. The molecule has 0 bridgehead atoms. The summed E-state index contributed by atoms with van der Waals surface area (Å²) >= 11 is 0. The molecular formula is C31H31F2N7O3. The van der Waals surface area contributed by atoms with Crippen LogP contribution in [0.15, 0.2) is 35.5 Å². The third-order valence-electron chi connectivity index (χ3n) is 9.27. The number of carboxylic acids is 1. The molecule has 0 amide bonds. The number of likely N-dealkylation sites (tertiary alicyclic amines) is 1. The van der Waals surface area contributed by atoms with Crippen molar-refractivity contribution in [3.05, 3.63) is 69.4 Å². The van der Waals surface area contributed by atoms with Crippen LogP contribution in [0.4, 0.5) is 20.2 Å². The molecule has 2 atom stereocenters. The molecule has 2 saturated heterocycles. The fraction of sp³-hybridized carbons (Fsp3) is 0.355. The highest BCUT2D eigenvalue weighted by atomic mass is 19.2. The van der Waals surface area contributed by atoms with Crippen LogP contribution < -0.4 is 21.1 Å². The Morgan fingerprint density at radius 1 is 1.09 bits per heavy atom. The third kappa shape index (κ3) is 4.07. The summed E-state index contributed by atoms with van der Waals surface area (Å²) in [6.45, 7) is 2.60. The molecule has 2 aliphatic heterocycles. The number of aromatic carboxylic acids is 1. The van der Waals surface area contributed by atoms with Crippen LogP contribution in [0.5, 0.6) is 0 Å². The zero-order valence-corrected chi connectivity index (χ0v) is 24.0. The highest BCUT2D eigenvalue weighted by Gasteiger charge is 2.42. The molecule has 12 heteroatoms. The summed E-state index contributed by atoms with van der Waals surface area (Å²) in [6, 6.07) is 3.00. The number of piperidine rings is 1. The van der Waals surface area contributed by atoms with Gasteiger partial charge in [-0.25, -0.2) is 23.2 Å². The number of anilines is 2. The van der Waals surface area contributed by atoms with Gasteiger partial charge >= 0.3 is 5.97 Å². The van der Waals surface area contributed by atoms with Crippen LogP contribution in [0.2, 0.25) is 0 Å². The van der Waals surface area contributed by atoms with E-state index in [-0.39, 0.29) is 22.6 Å². The van der Waals surface area contributed by atoms with E-state index in [2.05, 4.69) is 32.6 Å². The lowest BCUT2D eigenvalue weighted by Crippen LogP contribution is -2.44. The Hall–Kier alpha value is -4.58. The second-order valence-corrected chi connectivity index (χ2v) is 11.6. The van der Waals surface area contributed by atoms with Gasteiger partial charge in [0.25, 0.3) is 0 Å². The van der Waals surface area contributed by atoms with Gasteiger partial charge < -0.3 is 25.6 Å². The number of benzene rings is 1. The van der Waals surface area contributed by atoms with Crippen molar-refractivity contribution in [2.24, 2.45) is 5.92 Å². The molecule has 3 aliphatic rings. The zero-order valence-electron chi connectivity index (χ0n) is 24.0. The van der Waals surface area contributed by atoms with Gasteiger partial charge in [0.2, 0.25) is 5.43 Å². The fourth-order valence-corrected chi connectivity index (χ4v) is 7.27. The molecule has 1 aromatic carbocycles. The van der Waals surface area contributed by atoms with Crippen molar-refractivity contribution in [3.63, 3.8) is 0 Å². The minimum Gasteiger partial charge on any atom is -0.477 e. The first kappa shape index (κ1) is 27.3. The van der Waals surface area contributed by atoms with E-state index in [4.69, 9.17) is 4.98 Å². The Morgan fingerprint density at radius 2 is 1.91 bits per heavy atom. The quantitative estimate of drug-likeness (QED) is 0.283. The zero-order chi connectivity index (χ0) is 30.2. The lowest BCUT2D eigenvalue weighted by molar-refractivity contribution is 0.0695. The number of nitrogens with zero attached hydrogens (tertiary/aromatic N) is 5. The maximum Gasteiger partial charge on any atom is 0.341 e. The number of carbonyl (C=O) groups is 1. The van der Waals surface area contributed by atoms with Crippen LogP contribution in [0.25, 0.3) is 33.3 Å². The summed E-state index contributed by atoms with van der Waals surface area (Å²) in [4.78, 5) is 39.1. The molecule has 3 aromatic heterocycles. The molecule has 0 radical (unpaired) electrons. The van der Waals surface area contributed by atoms with E-state index >= 15 is 4.39 Å². The second-order valence-electron chi connectivity index (χ2n) is 11.6. The number of hydrogen-bond acceptors (Lipinski definition) is 8. The third-order valence-corrected chi connectivity index (χ3v) is 9.27. The van der Waals surface area contributed by atoms with E-state index in [0.717, 1.165) is 38.2 Å². The second kappa shape index (κ2) is 10.0. The summed E-state index contributed by atoms with van der Waals surface area (Å²) in [5.74, 6) is -2.78. The van der Waals surface area contributed by atoms with Gasteiger partial charge in [-0.15, -0.1) is 0 Å². The summed E-state index contributed by atoms with van der Waals surface area (Å²) in [6.07, 6.45) is 6.76. The number of pyridine rings is 3. The first-order valence-corrected chi connectivity index (χ1v) is 14.3. The highest BCUT2D eigenvalue weighted by Crippen LogP contribution is 2.52. The molecular weight excluding hydrogens is 556 g/mol. The van der Waals surface area contributed by atoms with E-state index in [9.17, 15) is 19.1 Å². The molecule has 4 aromatic rings. The molecule has 1 aliphatic carbocycles. The molecule has 43 heavy (non-hydrogen) atoms. The van der Waals surface area contributed by atoms with Crippen LogP contribution >= 0.6 is 0 Å². The number of nitrogens with one attached hydrogen (secondary N) is 2. The van der Waals surface area contributed by atoms with Gasteiger partial charge in [-0.05, 0) is 44.0 Å². The minimum atomic E-state index is -1.35. The summed E-state index contributed by atoms with van der Waals surface area (Å²) in [5, 5.41) is 12.8. The molecule has 2 unspecified atom stereocenters. The predicted molar refractivity (Wildman–Crippen MR) is 161 cm³/mol. The van der Waals surface area contributed by atoms with E-state index in [0.29, 0.717) is 46.0 Å². The van der Waals surface area contributed by atoms with Crippen LogP contribution in [0, 0.1) is 17.6 Å². The molecule has 3 N–H and O–H groups in total. The van der Waals surface area contributed by atoms with E-state index in [1.807, 2.05) is 0 Å². The average Bonchev–Trinajstić information content (AvgIpc) is 3.60. The van der Waals surface area contributed by atoms with Crippen molar-refractivity contribution in [1.82, 2.24) is 19.5 Å². The number of rotatable bonds is 5. The maximum atomic E-state index is 15.8. The van der Waals surface area contributed by atoms with Crippen LogP contribution in [-0.2, 0) is 6.42 Å². The lowest BCUT2D eigenvalue weighted by Gasteiger charge is -2.38. The largest absolute Gasteiger partial charge is 0.477 e. The van der Waals surface area contributed by atoms with Gasteiger partial charge in [-0.3, -0.25) is 9.78 Å². The van der Waals surface area contributed by atoms with Gasteiger partial charge in [-0.1, -0.05) is 0 Å². The number of aromatic nitrogens is 3. The Bertz CT molecular complexity index is 1890. The Kier molecular flexibility index (Phi) is 6.35. The van der Waals surface area contributed by atoms with Crippen molar-refractivity contribution in [3.8, 4) is 22.3 Å². The first-order chi connectivity index (χ1) is 20.7. The number of fused-ring (bicyclic) bond motifs is 5. The average molecular weight is 588 g/mol. The highest BCUT2D eigenvalue weighted by molar-refractivity contribution is 5.99. The fourth-order valence-electron chi connectivity index (χ4n) is 7.27. The Labute approximate surface area is 245 Å². The van der Waals surface area contributed by atoms with Gasteiger partial charge in [0.05, 0.1) is 16.8 Å². The van der Waals surface area contributed by atoms with Gasteiger partial charge in [0, 0.05) is 92.2 Å². The number of carboxylic acid groups (broad SMARTS) is 1. The van der Waals surface area contributed by atoms with Gasteiger partial charge in [0.15, 0.2) is 17.3 Å². The van der Waals surface area contributed by atoms with Crippen molar-refractivity contribution in [2.45, 2.75) is 25.3 Å². The monoisotopic (exact) mass is 587 g/mol. The van der Waals surface area contributed by atoms with Crippen LogP contribution in [0.1, 0.15) is 34.5 Å². The molecule has 7 rings (SSSR count). The lowest BCUT2D eigenvalue weighted by atomic mass is 9.91. The summed E-state index contributed by atoms with van der Waals surface area (Å²) in [5.41, 5.74) is 6.58.